The first-order valence-electron chi connectivity index (χ1n) is 5.60. The fourth-order valence-corrected chi connectivity index (χ4v) is 2.61. The van der Waals surface area contributed by atoms with E-state index in [1.807, 2.05) is 31.2 Å². The molecule has 1 aromatic heterocycles. The van der Waals surface area contributed by atoms with Crippen LogP contribution in [0.1, 0.15) is 12.5 Å². The van der Waals surface area contributed by atoms with Crippen LogP contribution in [-0.4, -0.2) is 0 Å². The topological polar surface area (TPSA) is 26.0 Å². The van der Waals surface area contributed by atoms with Gasteiger partial charge in [-0.15, -0.1) is 11.3 Å². The zero-order valence-electron chi connectivity index (χ0n) is 10.1. The summed E-state index contributed by atoms with van der Waals surface area (Å²) < 4.78 is 13.0. The molecule has 2 N–H and O–H groups in total. The molecule has 1 nitrogen and oxygen atoms in total. The zero-order chi connectivity index (χ0) is 13.1. The molecule has 0 bridgehead atoms. The summed E-state index contributed by atoms with van der Waals surface area (Å²) in [5.41, 5.74) is 9.60. The molecule has 0 saturated heterocycles. The van der Waals surface area contributed by atoms with Crippen molar-refractivity contribution in [3.8, 4) is 10.4 Å². The molecule has 0 unspecified atom stereocenters. The summed E-state index contributed by atoms with van der Waals surface area (Å²) in [5, 5.41) is -0.200. The molecule has 0 amide bonds. The van der Waals surface area contributed by atoms with Crippen molar-refractivity contribution in [3.63, 3.8) is 0 Å². The fourth-order valence-electron chi connectivity index (χ4n) is 1.83. The molecule has 1 heterocycles. The van der Waals surface area contributed by atoms with Crippen LogP contribution in [0.2, 0.25) is 0 Å². The molecule has 0 fully saturated rings. The Balaban J connectivity index is 2.45. The van der Waals surface area contributed by atoms with Gasteiger partial charge in [0, 0.05) is 16.1 Å². The summed E-state index contributed by atoms with van der Waals surface area (Å²) in [6, 6.07) is 8.98. The van der Waals surface area contributed by atoms with Crippen molar-refractivity contribution < 1.29 is 4.39 Å². The number of hydrogen-bond acceptors (Lipinski definition) is 2. The first-order valence-corrected chi connectivity index (χ1v) is 6.41. The Morgan fingerprint density at radius 2 is 2.11 bits per heavy atom. The molecule has 0 radical (unpaired) electrons. The largest absolute Gasteiger partial charge is 0.398 e. The second-order valence-corrected chi connectivity index (χ2v) is 4.89. The Kier molecular flexibility index (Phi) is 3.63. The van der Waals surface area contributed by atoms with E-state index in [1.165, 1.54) is 6.07 Å². The number of rotatable bonds is 3. The van der Waals surface area contributed by atoms with Gasteiger partial charge in [0.25, 0.3) is 0 Å². The van der Waals surface area contributed by atoms with E-state index in [4.69, 9.17) is 5.73 Å². The lowest BCUT2D eigenvalue weighted by Gasteiger charge is -2.07. The lowest BCUT2D eigenvalue weighted by Crippen LogP contribution is -1.91. The molecule has 3 heteroatoms. The molecule has 2 rings (SSSR count). The highest BCUT2D eigenvalue weighted by Gasteiger charge is 2.07. The van der Waals surface area contributed by atoms with Crippen LogP contribution in [0.5, 0.6) is 0 Å². The van der Waals surface area contributed by atoms with Gasteiger partial charge in [0.15, 0.2) is 5.13 Å². The van der Waals surface area contributed by atoms with Gasteiger partial charge in [-0.2, -0.15) is 4.39 Å². The maximum absolute atomic E-state index is 13.0. The number of nitrogen functional groups attached to an aromatic ring is 1. The van der Waals surface area contributed by atoms with Crippen molar-refractivity contribution in [3.05, 3.63) is 59.8 Å². The molecular weight excluding hydrogens is 245 g/mol. The molecule has 0 aliphatic heterocycles. The van der Waals surface area contributed by atoms with E-state index in [-0.39, 0.29) is 5.13 Å². The van der Waals surface area contributed by atoms with Crippen LogP contribution in [0.3, 0.4) is 0 Å². The highest BCUT2D eigenvalue weighted by molar-refractivity contribution is 7.13. The van der Waals surface area contributed by atoms with Crippen molar-refractivity contribution in [1.29, 1.82) is 0 Å². The maximum Gasteiger partial charge on any atom is 0.176 e. The summed E-state index contributed by atoms with van der Waals surface area (Å²) in [6.07, 6.45) is 3.77. The van der Waals surface area contributed by atoms with Gasteiger partial charge in [0.1, 0.15) is 0 Å². The van der Waals surface area contributed by atoms with Gasteiger partial charge in [0.05, 0.1) is 0 Å². The summed E-state index contributed by atoms with van der Waals surface area (Å²) >= 11 is 1.10. The summed E-state index contributed by atoms with van der Waals surface area (Å²) in [4.78, 5) is 0.845. The molecule has 18 heavy (non-hydrogen) atoms. The van der Waals surface area contributed by atoms with Crippen molar-refractivity contribution in [2.75, 3.05) is 5.73 Å². The Labute approximate surface area is 110 Å². The van der Waals surface area contributed by atoms with E-state index in [0.29, 0.717) is 5.69 Å². The third-order valence-electron chi connectivity index (χ3n) is 2.75. The lowest BCUT2D eigenvalue weighted by molar-refractivity contribution is 0.657. The lowest BCUT2D eigenvalue weighted by atomic mass is 10.0. The van der Waals surface area contributed by atoms with Crippen LogP contribution in [0.15, 0.2) is 49.1 Å². The Morgan fingerprint density at radius 3 is 2.61 bits per heavy atom. The normalized spacial score (nSPS) is 11.6. The summed E-state index contributed by atoms with van der Waals surface area (Å²) in [5.74, 6) is 0. The van der Waals surface area contributed by atoms with Gasteiger partial charge < -0.3 is 5.73 Å². The van der Waals surface area contributed by atoms with Crippen LogP contribution < -0.4 is 5.73 Å². The fraction of sp³-hybridized carbons (Fsp3) is 0.0667. The molecule has 1 aromatic carbocycles. The van der Waals surface area contributed by atoms with E-state index < -0.39 is 0 Å². The molecular formula is C15H14FNS. The third-order valence-corrected chi connectivity index (χ3v) is 3.66. The Hall–Kier alpha value is -1.87. The molecule has 0 saturated carbocycles. The predicted molar refractivity (Wildman–Crippen MR) is 78.0 cm³/mol. The number of nitrogens with two attached hydrogens (primary N) is 1. The van der Waals surface area contributed by atoms with Gasteiger partial charge in [-0.3, -0.25) is 0 Å². The highest BCUT2D eigenvalue weighted by atomic mass is 32.1. The van der Waals surface area contributed by atoms with Gasteiger partial charge in [0.2, 0.25) is 0 Å². The Morgan fingerprint density at radius 1 is 1.33 bits per heavy atom. The SMILES string of the molecule is C=C/C(=C\C)c1ccc(-c2ccc(F)s2)c(N)c1. The van der Waals surface area contributed by atoms with E-state index in [0.717, 1.165) is 32.9 Å². The van der Waals surface area contributed by atoms with Gasteiger partial charge >= 0.3 is 0 Å². The second kappa shape index (κ2) is 5.19. The van der Waals surface area contributed by atoms with Crippen LogP contribution in [0.25, 0.3) is 16.0 Å². The quantitative estimate of drug-likeness (QED) is 0.626. The van der Waals surface area contributed by atoms with Gasteiger partial charge in [-0.25, -0.2) is 0 Å². The average Bonchev–Trinajstić information content (AvgIpc) is 2.77. The monoisotopic (exact) mass is 259 g/mol. The molecule has 0 aliphatic carbocycles. The maximum atomic E-state index is 13.0. The molecule has 0 atom stereocenters. The van der Waals surface area contributed by atoms with Crippen molar-refractivity contribution in [1.82, 2.24) is 0 Å². The molecule has 2 aromatic rings. The number of halogens is 1. The number of hydrogen-bond donors (Lipinski definition) is 1. The number of benzene rings is 1. The second-order valence-electron chi connectivity index (χ2n) is 3.85. The van der Waals surface area contributed by atoms with Crippen LogP contribution >= 0.6 is 11.3 Å². The number of allylic oxidation sites excluding steroid dienone is 3. The molecule has 0 aliphatic rings. The third kappa shape index (κ3) is 2.36. The molecule has 92 valence electrons. The first-order chi connectivity index (χ1) is 8.65. The first kappa shape index (κ1) is 12.6. The average molecular weight is 259 g/mol. The van der Waals surface area contributed by atoms with E-state index in [9.17, 15) is 4.39 Å². The van der Waals surface area contributed by atoms with Crippen LogP contribution in [-0.2, 0) is 0 Å². The zero-order valence-corrected chi connectivity index (χ0v) is 10.9. The van der Waals surface area contributed by atoms with Crippen LogP contribution in [0, 0.1) is 5.13 Å². The van der Waals surface area contributed by atoms with Gasteiger partial charge in [-0.1, -0.05) is 30.9 Å². The highest BCUT2D eigenvalue weighted by Crippen LogP contribution is 2.33. The van der Waals surface area contributed by atoms with Crippen LogP contribution in [0.4, 0.5) is 10.1 Å². The van der Waals surface area contributed by atoms with E-state index in [1.54, 1.807) is 12.1 Å². The predicted octanol–water partition coefficient (Wildman–Crippen LogP) is 4.73. The van der Waals surface area contributed by atoms with Crippen molar-refractivity contribution in [2.45, 2.75) is 6.92 Å². The number of thiophene rings is 1. The number of anilines is 1. The minimum absolute atomic E-state index is 0.200. The minimum atomic E-state index is -0.200. The Bertz CT molecular complexity index is 611. The van der Waals surface area contributed by atoms with Gasteiger partial charge in [-0.05, 0) is 36.3 Å². The van der Waals surface area contributed by atoms with Crippen molar-refractivity contribution >= 4 is 22.6 Å². The summed E-state index contributed by atoms with van der Waals surface area (Å²) in [7, 11) is 0. The molecule has 0 spiro atoms. The smallest absolute Gasteiger partial charge is 0.176 e. The minimum Gasteiger partial charge on any atom is -0.398 e. The van der Waals surface area contributed by atoms with E-state index in [2.05, 4.69) is 6.58 Å². The standard InChI is InChI=1S/C15H14FNS/c1-3-10(4-2)11-5-6-12(13(17)9-11)14-7-8-15(16)18-14/h3-9H,1,17H2,2H3/b10-4+. The summed E-state index contributed by atoms with van der Waals surface area (Å²) in [6.45, 7) is 5.72. The van der Waals surface area contributed by atoms with E-state index >= 15 is 0 Å². The van der Waals surface area contributed by atoms with Crippen molar-refractivity contribution in [2.24, 2.45) is 0 Å².